The Balaban J connectivity index is 1.79. The van der Waals surface area contributed by atoms with Gasteiger partial charge in [-0.2, -0.15) is 24.4 Å². The Morgan fingerprint density at radius 1 is 1.64 bits per heavy atom. The van der Waals surface area contributed by atoms with Gasteiger partial charge in [0.25, 0.3) is 0 Å². The van der Waals surface area contributed by atoms with Crippen LogP contribution in [0.1, 0.15) is 0 Å². The van der Waals surface area contributed by atoms with E-state index in [2.05, 4.69) is 12.6 Å². The zero-order valence-corrected chi connectivity index (χ0v) is 9.45. The molecule has 1 fully saturated rings. The van der Waals surface area contributed by atoms with Crippen molar-refractivity contribution in [1.82, 2.24) is 0 Å². The normalized spacial score (nSPS) is 25.1. The van der Waals surface area contributed by atoms with Crippen LogP contribution in [0.25, 0.3) is 0 Å². The lowest BCUT2D eigenvalue weighted by atomic mass is 10.5. The summed E-state index contributed by atoms with van der Waals surface area (Å²) in [5, 5.41) is 10.0. The van der Waals surface area contributed by atoms with Crippen LogP contribution in [0.2, 0.25) is 0 Å². The smallest absolute Gasteiger partial charge is 0.0726 e. The van der Waals surface area contributed by atoms with Crippen molar-refractivity contribution in [2.75, 3.05) is 23.0 Å². The number of thiol groups is 1. The van der Waals surface area contributed by atoms with Crippen LogP contribution in [0, 0.1) is 0 Å². The highest BCUT2D eigenvalue weighted by Gasteiger charge is 2.21. The first-order valence-electron chi connectivity index (χ1n) is 3.48. The van der Waals surface area contributed by atoms with E-state index in [-0.39, 0.29) is 6.10 Å². The van der Waals surface area contributed by atoms with Gasteiger partial charge < -0.3 is 5.11 Å². The van der Waals surface area contributed by atoms with Crippen LogP contribution >= 0.6 is 46.0 Å². The number of hydrogen-bond acceptors (Lipinski definition) is 5. The van der Waals surface area contributed by atoms with E-state index >= 15 is 0 Å². The molecule has 1 aliphatic heterocycles. The van der Waals surface area contributed by atoms with Gasteiger partial charge >= 0.3 is 0 Å². The van der Waals surface area contributed by atoms with Crippen molar-refractivity contribution in [3.8, 4) is 0 Å². The molecule has 0 aromatic rings. The molecule has 5 heteroatoms. The number of rotatable bonds is 6. The Morgan fingerprint density at radius 2 is 2.36 bits per heavy atom. The zero-order valence-electron chi connectivity index (χ0n) is 6.10. The van der Waals surface area contributed by atoms with E-state index in [1.54, 1.807) is 10.8 Å². The molecule has 66 valence electrons. The fourth-order valence-corrected chi connectivity index (χ4v) is 4.30. The molecule has 0 aromatic heterocycles. The Kier molecular flexibility index (Phi) is 5.61. The second-order valence-corrected chi connectivity index (χ2v) is 6.61. The van der Waals surface area contributed by atoms with Crippen molar-refractivity contribution >= 4 is 46.0 Å². The summed E-state index contributed by atoms with van der Waals surface area (Å²) in [5.74, 6) is 3.95. The standard InChI is InChI=1S/C6H12OS4/c7-5(1-8)2-10-11-4-6-3-9-6/h5-8H,1-4H2. The highest BCUT2D eigenvalue weighted by atomic mass is 33.1. The monoisotopic (exact) mass is 228 g/mol. The minimum atomic E-state index is -0.234. The lowest BCUT2D eigenvalue weighted by Crippen LogP contribution is -2.10. The Bertz CT molecular complexity index is 107. The summed E-state index contributed by atoms with van der Waals surface area (Å²) in [6.07, 6.45) is -0.234. The third kappa shape index (κ3) is 5.58. The van der Waals surface area contributed by atoms with Gasteiger partial charge in [-0.15, -0.1) is 0 Å². The quantitative estimate of drug-likeness (QED) is 0.313. The van der Waals surface area contributed by atoms with E-state index in [1.807, 2.05) is 22.6 Å². The Hall–Kier alpha value is 1.36. The lowest BCUT2D eigenvalue weighted by molar-refractivity contribution is 0.226. The van der Waals surface area contributed by atoms with E-state index < -0.39 is 0 Å². The molecule has 1 rings (SSSR count). The number of aliphatic hydroxyl groups is 1. The fraction of sp³-hybridized carbons (Fsp3) is 1.00. The SMILES string of the molecule is OC(CS)CSSCC1CS1. The van der Waals surface area contributed by atoms with Gasteiger partial charge in [-0.1, -0.05) is 21.6 Å². The number of thioether (sulfide) groups is 1. The van der Waals surface area contributed by atoms with E-state index in [1.165, 1.54) is 11.5 Å². The summed E-state index contributed by atoms with van der Waals surface area (Å²) in [4.78, 5) is 0. The first-order chi connectivity index (χ1) is 5.33. The van der Waals surface area contributed by atoms with Crippen molar-refractivity contribution in [3.63, 3.8) is 0 Å². The van der Waals surface area contributed by atoms with Gasteiger partial charge in [0.05, 0.1) is 6.10 Å². The molecule has 1 heterocycles. The topological polar surface area (TPSA) is 20.2 Å². The van der Waals surface area contributed by atoms with Gasteiger partial charge in [0.2, 0.25) is 0 Å². The summed E-state index contributed by atoms with van der Waals surface area (Å²) in [7, 11) is 3.63. The largest absolute Gasteiger partial charge is 0.391 e. The van der Waals surface area contributed by atoms with Crippen molar-refractivity contribution in [1.29, 1.82) is 0 Å². The molecule has 0 aromatic carbocycles. The molecule has 1 N–H and O–H groups in total. The first kappa shape index (κ1) is 10.4. The molecule has 0 saturated carbocycles. The maximum atomic E-state index is 9.12. The zero-order chi connectivity index (χ0) is 8.10. The molecule has 1 saturated heterocycles. The molecule has 0 amide bonds. The van der Waals surface area contributed by atoms with Crippen molar-refractivity contribution in [2.45, 2.75) is 11.4 Å². The van der Waals surface area contributed by atoms with Crippen LogP contribution in [-0.4, -0.2) is 39.5 Å². The average molecular weight is 228 g/mol. The van der Waals surface area contributed by atoms with Gasteiger partial charge in [-0.3, -0.25) is 0 Å². The average Bonchev–Trinajstić information content (AvgIpc) is 2.81. The Morgan fingerprint density at radius 3 is 2.91 bits per heavy atom. The van der Waals surface area contributed by atoms with Gasteiger partial charge in [-0.25, -0.2) is 0 Å². The summed E-state index contributed by atoms with van der Waals surface area (Å²) >= 11 is 6.02. The van der Waals surface area contributed by atoms with Gasteiger partial charge in [0.15, 0.2) is 0 Å². The number of hydrogen-bond donors (Lipinski definition) is 2. The van der Waals surface area contributed by atoms with Crippen molar-refractivity contribution in [3.05, 3.63) is 0 Å². The van der Waals surface area contributed by atoms with Crippen molar-refractivity contribution < 1.29 is 5.11 Å². The molecule has 11 heavy (non-hydrogen) atoms. The predicted molar refractivity (Wildman–Crippen MR) is 61.0 cm³/mol. The maximum absolute atomic E-state index is 9.12. The van der Waals surface area contributed by atoms with E-state index in [0.717, 1.165) is 11.0 Å². The van der Waals surface area contributed by atoms with Crippen LogP contribution in [0.4, 0.5) is 0 Å². The highest BCUT2D eigenvalue weighted by Crippen LogP contribution is 2.36. The molecule has 0 spiro atoms. The summed E-state index contributed by atoms with van der Waals surface area (Å²) in [5.41, 5.74) is 0. The molecule has 2 unspecified atom stereocenters. The number of aliphatic hydroxyl groups excluding tert-OH is 1. The van der Waals surface area contributed by atoms with Gasteiger partial charge in [0, 0.05) is 28.3 Å². The van der Waals surface area contributed by atoms with Crippen LogP contribution in [-0.2, 0) is 0 Å². The molecular weight excluding hydrogens is 216 g/mol. The van der Waals surface area contributed by atoms with Gasteiger partial charge in [-0.05, 0) is 0 Å². The van der Waals surface area contributed by atoms with E-state index in [9.17, 15) is 0 Å². The second-order valence-electron chi connectivity index (χ2n) is 2.36. The van der Waals surface area contributed by atoms with E-state index in [0.29, 0.717) is 5.75 Å². The van der Waals surface area contributed by atoms with Crippen LogP contribution < -0.4 is 0 Å². The molecule has 2 atom stereocenters. The maximum Gasteiger partial charge on any atom is 0.0726 e. The minimum Gasteiger partial charge on any atom is -0.391 e. The molecule has 1 aliphatic rings. The lowest BCUT2D eigenvalue weighted by Gasteiger charge is -2.04. The molecule has 0 aliphatic carbocycles. The first-order valence-corrected chi connectivity index (χ1v) is 7.65. The molecule has 0 bridgehead atoms. The van der Waals surface area contributed by atoms with Crippen LogP contribution in [0.15, 0.2) is 0 Å². The third-order valence-corrected chi connectivity index (χ3v) is 5.36. The van der Waals surface area contributed by atoms with Crippen molar-refractivity contribution in [2.24, 2.45) is 0 Å². The van der Waals surface area contributed by atoms with E-state index in [4.69, 9.17) is 5.11 Å². The highest BCUT2D eigenvalue weighted by molar-refractivity contribution is 8.76. The predicted octanol–water partition coefficient (Wildman–Crippen LogP) is 1.77. The third-order valence-electron chi connectivity index (χ3n) is 1.21. The molecular formula is C6H12OS4. The summed E-state index contributed by atoms with van der Waals surface area (Å²) in [6, 6.07) is 0. The fourth-order valence-electron chi connectivity index (χ4n) is 0.468. The van der Waals surface area contributed by atoms with Crippen LogP contribution in [0.5, 0.6) is 0 Å². The van der Waals surface area contributed by atoms with Crippen LogP contribution in [0.3, 0.4) is 0 Å². The molecule has 0 radical (unpaired) electrons. The summed E-state index contributed by atoms with van der Waals surface area (Å²) < 4.78 is 0. The van der Waals surface area contributed by atoms with Gasteiger partial charge in [0.1, 0.15) is 0 Å². The Labute approximate surface area is 85.3 Å². The second kappa shape index (κ2) is 5.91. The minimum absolute atomic E-state index is 0.234. The molecule has 1 nitrogen and oxygen atoms in total. The summed E-state index contributed by atoms with van der Waals surface area (Å²) in [6.45, 7) is 0.